The third kappa shape index (κ3) is 8.39. The van der Waals surface area contributed by atoms with Crippen LogP contribution in [-0.2, 0) is 9.59 Å². The molecule has 0 spiro atoms. The van der Waals surface area contributed by atoms with Gasteiger partial charge in [-0.1, -0.05) is 0 Å². The van der Waals surface area contributed by atoms with E-state index in [1.54, 1.807) is 0 Å². The molecule has 2 N–H and O–H groups in total. The molecule has 0 radical (unpaired) electrons. The van der Waals surface area contributed by atoms with Gasteiger partial charge in [-0.15, -0.1) is 0 Å². The van der Waals surface area contributed by atoms with E-state index in [4.69, 9.17) is 30.2 Å². The number of carbonyl (C=O) groups is 2. The van der Waals surface area contributed by atoms with Crippen LogP contribution in [0.3, 0.4) is 0 Å². The Morgan fingerprint density at radius 1 is 1.00 bits per heavy atom. The molecular formula is C6H10Cl2GeO4. The molecule has 4 nitrogen and oxygen atoms in total. The average Bonchev–Trinajstić information content (AvgIpc) is 1.98. The molecule has 76 valence electrons. The molecule has 0 bridgehead atoms. The van der Waals surface area contributed by atoms with E-state index in [0.717, 1.165) is 0 Å². The second-order valence-electron chi connectivity index (χ2n) is 2.64. The van der Waals surface area contributed by atoms with Crippen molar-refractivity contribution < 1.29 is 19.8 Å². The molecule has 0 aromatic heterocycles. The van der Waals surface area contributed by atoms with Gasteiger partial charge in [0.1, 0.15) is 0 Å². The maximum absolute atomic E-state index is 10.2. The Morgan fingerprint density at radius 2 is 1.31 bits per heavy atom. The molecular weight excluding hydrogens is 280 g/mol. The zero-order valence-electron chi connectivity index (χ0n) is 6.80. The van der Waals surface area contributed by atoms with Crippen molar-refractivity contribution in [2.45, 2.75) is 23.3 Å². The van der Waals surface area contributed by atoms with Crippen LogP contribution in [0.1, 0.15) is 12.8 Å². The van der Waals surface area contributed by atoms with Crippen LogP contribution in [0.2, 0.25) is 10.5 Å². The second kappa shape index (κ2) is 5.72. The molecule has 0 aliphatic carbocycles. The van der Waals surface area contributed by atoms with Crippen LogP contribution in [0.4, 0.5) is 0 Å². The third-order valence-corrected chi connectivity index (χ3v) is 9.46. The fourth-order valence-corrected chi connectivity index (χ4v) is 5.63. The molecule has 0 unspecified atom stereocenters. The Hall–Kier alpha value is 0.0629. The van der Waals surface area contributed by atoms with Gasteiger partial charge in [0.2, 0.25) is 0 Å². The zero-order chi connectivity index (χ0) is 10.5. The molecule has 0 rings (SSSR count). The van der Waals surface area contributed by atoms with E-state index < -0.39 is 23.3 Å². The number of aliphatic carboxylic acids is 2. The van der Waals surface area contributed by atoms with Crippen molar-refractivity contribution in [1.29, 1.82) is 0 Å². The summed E-state index contributed by atoms with van der Waals surface area (Å²) in [5, 5.41) is 17.2. The first-order valence-electron chi connectivity index (χ1n) is 3.65. The standard InChI is InChI=1S/C6H10Cl2GeO4/c7-9(8,3-1-5(10)11)4-2-6(12)13/h1-4H2,(H,10,11)(H,12,13). The molecule has 0 heterocycles. The Kier molecular flexibility index (Phi) is 5.75. The summed E-state index contributed by atoms with van der Waals surface area (Å²) in [5.74, 6) is -1.90. The Morgan fingerprint density at radius 3 is 1.54 bits per heavy atom. The van der Waals surface area contributed by atoms with E-state index in [9.17, 15) is 9.59 Å². The maximum atomic E-state index is 10.2. The average molecular weight is 290 g/mol. The predicted molar refractivity (Wildman–Crippen MR) is 51.6 cm³/mol. The van der Waals surface area contributed by atoms with Gasteiger partial charge in [0, 0.05) is 0 Å². The molecule has 7 heteroatoms. The fourth-order valence-electron chi connectivity index (χ4n) is 0.705. The Balaban J connectivity index is 3.79. The van der Waals surface area contributed by atoms with Crippen molar-refractivity contribution in [2.75, 3.05) is 0 Å². The van der Waals surface area contributed by atoms with Gasteiger partial charge in [-0.3, -0.25) is 0 Å². The van der Waals surface area contributed by atoms with E-state index >= 15 is 0 Å². The number of halogens is 2. The van der Waals surface area contributed by atoms with Crippen LogP contribution in [0.15, 0.2) is 0 Å². The minimum atomic E-state index is -3.13. The first-order chi connectivity index (χ1) is 5.83. The van der Waals surface area contributed by atoms with Crippen molar-refractivity contribution in [3.63, 3.8) is 0 Å². The number of hydrogen-bond acceptors (Lipinski definition) is 2. The normalized spacial score (nSPS) is 11.2. The van der Waals surface area contributed by atoms with Crippen molar-refractivity contribution in [3.05, 3.63) is 0 Å². The van der Waals surface area contributed by atoms with Gasteiger partial charge >= 0.3 is 86.5 Å². The summed E-state index contributed by atoms with van der Waals surface area (Å²) in [5.41, 5.74) is 0. The molecule has 0 fully saturated rings. The van der Waals surface area contributed by atoms with Crippen LogP contribution >= 0.6 is 20.0 Å². The molecule has 0 aromatic carbocycles. The van der Waals surface area contributed by atoms with Gasteiger partial charge in [-0.25, -0.2) is 0 Å². The van der Waals surface area contributed by atoms with Gasteiger partial charge in [-0.05, 0) is 0 Å². The molecule has 0 saturated heterocycles. The Bertz CT molecular complexity index is 187. The van der Waals surface area contributed by atoms with Gasteiger partial charge in [0.05, 0.1) is 0 Å². The van der Waals surface area contributed by atoms with E-state index in [2.05, 4.69) is 0 Å². The van der Waals surface area contributed by atoms with Gasteiger partial charge in [0.15, 0.2) is 0 Å². The molecule has 0 saturated carbocycles. The number of hydrogen-bond donors (Lipinski definition) is 2. The number of carboxylic acid groups (broad SMARTS) is 2. The van der Waals surface area contributed by atoms with Crippen LogP contribution in [0.5, 0.6) is 0 Å². The zero-order valence-corrected chi connectivity index (χ0v) is 10.4. The van der Waals surface area contributed by atoms with Crippen molar-refractivity contribution >= 4 is 43.4 Å². The molecule has 0 aliphatic rings. The van der Waals surface area contributed by atoms with Gasteiger partial charge in [0.25, 0.3) is 0 Å². The van der Waals surface area contributed by atoms with E-state index in [1.165, 1.54) is 0 Å². The quantitative estimate of drug-likeness (QED) is 0.732. The Labute approximate surface area is 86.6 Å². The fraction of sp³-hybridized carbons (Fsp3) is 0.667. The summed E-state index contributed by atoms with van der Waals surface area (Å²) < 4.78 is 0. The minimum absolute atomic E-state index is 0.0768. The first-order valence-corrected chi connectivity index (χ1v) is 12.1. The van der Waals surface area contributed by atoms with Crippen molar-refractivity contribution in [1.82, 2.24) is 0 Å². The van der Waals surface area contributed by atoms with Crippen LogP contribution in [-0.4, -0.2) is 33.6 Å². The molecule has 0 atom stereocenters. The van der Waals surface area contributed by atoms with Crippen LogP contribution in [0.25, 0.3) is 0 Å². The van der Waals surface area contributed by atoms with Gasteiger partial charge in [-0.2, -0.15) is 0 Å². The summed E-state index contributed by atoms with van der Waals surface area (Å²) >= 11 is -3.13. The number of rotatable bonds is 6. The third-order valence-electron chi connectivity index (χ3n) is 1.41. The SMILES string of the molecule is O=C(O)C[CH2][Ge]([Cl])([Cl])[CH2]CC(=O)O. The van der Waals surface area contributed by atoms with Gasteiger partial charge < -0.3 is 0 Å². The van der Waals surface area contributed by atoms with E-state index in [1.807, 2.05) is 0 Å². The topological polar surface area (TPSA) is 74.6 Å². The molecule has 0 amide bonds. The molecule has 0 aliphatic heterocycles. The first kappa shape index (κ1) is 13.1. The predicted octanol–water partition coefficient (Wildman–Crippen LogP) is 1.86. The molecule has 13 heavy (non-hydrogen) atoms. The monoisotopic (exact) mass is 290 g/mol. The summed E-state index contributed by atoms with van der Waals surface area (Å²) in [6.07, 6.45) is -0.154. The van der Waals surface area contributed by atoms with E-state index in [-0.39, 0.29) is 23.3 Å². The summed E-state index contributed by atoms with van der Waals surface area (Å²) in [6, 6.07) is 0. The van der Waals surface area contributed by atoms with Crippen LogP contribution < -0.4 is 0 Å². The summed E-state index contributed by atoms with van der Waals surface area (Å²) in [7, 11) is 11.7. The van der Waals surface area contributed by atoms with Crippen LogP contribution in [0, 0.1) is 0 Å². The van der Waals surface area contributed by atoms with Crippen molar-refractivity contribution in [3.8, 4) is 0 Å². The van der Waals surface area contributed by atoms with Crippen molar-refractivity contribution in [2.24, 2.45) is 0 Å². The van der Waals surface area contributed by atoms with E-state index in [0.29, 0.717) is 0 Å². The molecule has 0 aromatic rings. The second-order valence-corrected chi connectivity index (χ2v) is 16.9. The summed E-state index contributed by atoms with van der Waals surface area (Å²) in [6.45, 7) is 0. The number of carboxylic acids is 2. The summed E-state index contributed by atoms with van der Waals surface area (Å²) in [4.78, 5) is 20.4.